The van der Waals surface area contributed by atoms with E-state index in [1.165, 1.54) is 0 Å². The Morgan fingerprint density at radius 2 is 1.75 bits per heavy atom. The third-order valence-electron chi connectivity index (χ3n) is 4.67. The number of pyridine rings is 1. The number of hydrogen-bond acceptors (Lipinski definition) is 3. The molecule has 0 saturated carbocycles. The Balaban J connectivity index is 1.67. The number of hydrogen-bond donors (Lipinski definition) is 0. The number of halogens is 1. The maximum Gasteiger partial charge on any atom is 0.232 e. The number of piperazine rings is 1. The Hall–Kier alpha value is -2.07. The Morgan fingerprint density at radius 1 is 1.08 bits per heavy atom. The Bertz CT molecular complexity index is 710. The minimum absolute atomic E-state index is 0.182. The van der Waals surface area contributed by atoms with E-state index in [-0.39, 0.29) is 5.91 Å². The van der Waals surface area contributed by atoms with E-state index < -0.39 is 5.41 Å². The Morgan fingerprint density at radius 3 is 2.38 bits per heavy atom. The van der Waals surface area contributed by atoms with Gasteiger partial charge >= 0.3 is 0 Å². The Kier molecular flexibility index (Phi) is 4.76. The van der Waals surface area contributed by atoms with E-state index in [9.17, 15) is 4.79 Å². The van der Waals surface area contributed by atoms with Crippen molar-refractivity contribution in [3.63, 3.8) is 0 Å². The summed E-state index contributed by atoms with van der Waals surface area (Å²) in [6.45, 7) is 7.04. The van der Waals surface area contributed by atoms with Gasteiger partial charge in [0.2, 0.25) is 5.91 Å². The zero-order chi connectivity index (χ0) is 17.2. The maximum absolute atomic E-state index is 13.0. The van der Waals surface area contributed by atoms with Crippen LogP contribution in [-0.2, 0) is 10.2 Å². The maximum atomic E-state index is 13.0. The minimum Gasteiger partial charge on any atom is -0.368 e. The largest absolute Gasteiger partial charge is 0.368 e. The molecule has 1 amide bonds. The fourth-order valence-electron chi connectivity index (χ4n) is 3.13. The Labute approximate surface area is 148 Å². The smallest absolute Gasteiger partial charge is 0.232 e. The summed E-state index contributed by atoms with van der Waals surface area (Å²) in [5.41, 5.74) is 1.60. The summed E-state index contributed by atoms with van der Waals surface area (Å²) < 4.78 is 0. The van der Waals surface area contributed by atoms with Gasteiger partial charge in [-0.1, -0.05) is 41.9 Å². The van der Waals surface area contributed by atoms with Crippen molar-refractivity contribution in [3.8, 4) is 0 Å². The highest BCUT2D eigenvalue weighted by molar-refractivity contribution is 6.29. The van der Waals surface area contributed by atoms with Crippen molar-refractivity contribution < 1.29 is 4.79 Å². The molecular weight excluding hydrogens is 322 g/mol. The molecular formula is C19H22ClN3O. The molecule has 0 N–H and O–H groups in total. The number of nitrogens with zero attached hydrogens (tertiary/aromatic N) is 3. The molecule has 1 aliphatic heterocycles. The van der Waals surface area contributed by atoms with Gasteiger partial charge < -0.3 is 9.80 Å². The second kappa shape index (κ2) is 6.81. The molecule has 1 aromatic carbocycles. The number of carbonyl (C=O) groups excluding carboxylic acids is 1. The van der Waals surface area contributed by atoms with E-state index in [4.69, 9.17) is 11.6 Å². The van der Waals surface area contributed by atoms with Crippen molar-refractivity contribution in [1.82, 2.24) is 9.88 Å². The summed E-state index contributed by atoms with van der Waals surface area (Å²) in [6, 6.07) is 13.8. The molecule has 1 fully saturated rings. The number of anilines is 1. The molecule has 5 heteroatoms. The van der Waals surface area contributed by atoms with E-state index in [2.05, 4.69) is 9.88 Å². The molecule has 1 aliphatic rings. The number of amides is 1. The number of aromatic nitrogens is 1. The summed E-state index contributed by atoms with van der Waals surface area (Å²) in [5.74, 6) is 0.182. The quantitative estimate of drug-likeness (QED) is 0.802. The zero-order valence-electron chi connectivity index (χ0n) is 14.1. The van der Waals surface area contributed by atoms with Crippen molar-refractivity contribution in [2.45, 2.75) is 19.3 Å². The van der Waals surface area contributed by atoms with Crippen LogP contribution in [-0.4, -0.2) is 42.0 Å². The fourth-order valence-corrected chi connectivity index (χ4v) is 3.30. The van der Waals surface area contributed by atoms with Crippen molar-refractivity contribution in [3.05, 3.63) is 59.4 Å². The van der Waals surface area contributed by atoms with Gasteiger partial charge in [-0.15, -0.1) is 0 Å². The summed E-state index contributed by atoms with van der Waals surface area (Å²) in [5, 5.41) is 0.496. The average Bonchev–Trinajstić information content (AvgIpc) is 2.62. The van der Waals surface area contributed by atoms with Gasteiger partial charge in [0.15, 0.2) is 0 Å². The normalized spacial score (nSPS) is 15.5. The molecule has 3 rings (SSSR count). The van der Waals surface area contributed by atoms with Crippen LogP contribution in [0.25, 0.3) is 0 Å². The molecule has 1 saturated heterocycles. The molecule has 0 bridgehead atoms. The highest BCUT2D eigenvalue weighted by atomic mass is 35.5. The first kappa shape index (κ1) is 16.8. The lowest BCUT2D eigenvalue weighted by Gasteiger charge is -2.39. The van der Waals surface area contributed by atoms with Crippen LogP contribution in [0.5, 0.6) is 0 Å². The SMILES string of the molecule is CC(C)(C(=O)N1CCN(c2ccnc(Cl)c2)CC1)c1ccccc1. The van der Waals surface area contributed by atoms with E-state index in [1.807, 2.05) is 61.2 Å². The van der Waals surface area contributed by atoms with Crippen LogP contribution < -0.4 is 4.90 Å². The minimum atomic E-state index is -0.511. The first-order chi connectivity index (χ1) is 11.5. The third-order valence-corrected chi connectivity index (χ3v) is 4.88. The number of carbonyl (C=O) groups is 1. The molecule has 24 heavy (non-hydrogen) atoms. The standard InChI is InChI=1S/C19H22ClN3O/c1-19(2,15-6-4-3-5-7-15)18(24)23-12-10-22(11-13-23)16-8-9-21-17(20)14-16/h3-9,14H,10-13H2,1-2H3. The lowest BCUT2D eigenvalue weighted by Crippen LogP contribution is -2.53. The van der Waals surface area contributed by atoms with E-state index in [0.717, 1.165) is 37.4 Å². The van der Waals surface area contributed by atoms with Gasteiger partial charge in [0.05, 0.1) is 5.41 Å². The predicted molar refractivity (Wildman–Crippen MR) is 97.5 cm³/mol. The predicted octanol–water partition coefficient (Wildman–Crippen LogP) is 3.36. The number of benzene rings is 1. The van der Waals surface area contributed by atoms with Gasteiger partial charge in [-0.2, -0.15) is 0 Å². The zero-order valence-corrected chi connectivity index (χ0v) is 14.8. The molecule has 0 radical (unpaired) electrons. The van der Waals surface area contributed by atoms with Gasteiger partial charge in [-0.05, 0) is 31.5 Å². The second-order valence-electron chi connectivity index (χ2n) is 6.61. The first-order valence-corrected chi connectivity index (χ1v) is 8.58. The van der Waals surface area contributed by atoms with Crippen LogP contribution in [0.1, 0.15) is 19.4 Å². The van der Waals surface area contributed by atoms with Crippen molar-refractivity contribution in [1.29, 1.82) is 0 Å². The first-order valence-electron chi connectivity index (χ1n) is 8.20. The lowest BCUT2D eigenvalue weighted by atomic mass is 9.83. The van der Waals surface area contributed by atoms with Crippen LogP contribution in [0.2, 0.25) is 5.15 Å². The van der Waals surface area contributed by atoms with Gasteiger partial charge in [0.1, 0.15) is 5.15 Å². The fraction of sp³-hybridized carbons (Fsp3) is 0.368. The second-order valence-corrected chi connectivity index (χ2v) is 6.99. The molecule has 126 valence electrons. The molecule has 0 unspecified atom stereocenters. The van der Waals surface area contributed by atoms with Crippen molar-refractivity contribution in [2.75, 3.05) is 31.1 Å². The molecule has 0 spiro atoms. The van der Waals surface area contributed by atoms with Gasteiger partial charge in [-0.3, -0.25) is 4.79 Å². The highest BCUT2D eigenvalue weighted by Gasteiger charge is 2.35. The molecule has 0 atom stereocenters. The monoisotopic (exact) mass is 343 g/mol. The summed E-state index contributed by atoms with van der Waals surface area (Å²) in [6.07, 6.45) is 1.72. The summed E-state index contributed by atoms with van der Waals surface area (Å²) in [7, 11) is 0. The number of rotatable bonds is 3. The summed E-state index contributed by atoms with van der Waals surface area (Å²) in [4.78, 5) is 21.2. The molecule has 4 nitrogen and oxygen atoms in total. The van der Waals surface area contributed by atoms with Crippen molar-refractivity contribution in [2.24, 2.45) is 0 Å². The van der Waals surface area contributed by atoms with E-state index in [0.29, 0.717) is 5.15 Å². The lowest BCUT2D eigenvalue weighted by molar-refractivity contribution is -0.136. The van der Waals surface area contributed by atoms with Gasteiger partial charge in [-0.25, -0.2) is 4.98 Å². The molecule has 0 aliphatic carbocycles. The molecule has 2 heterocycles. The average molecular weight is 344 g/mol. The van der Waals surface area contributed by atoms with Crippen LogP contribution >= 0.6 is 11.6 Å². The van der Waals surface area contributed by atoms with E-state index in [1.54, 1.807) is 6.20 Å². The summed E-state index contributed by atoms with van der Waals surface area (Å²) >= 11 is 5.97. The van der Waals surface area contributed by atoms with Gasteiger partial charge in [0, 0.05) is 38.1 Å². The van der Waals surface area contributed by atoms with Crippen LogP contribution in [0.3, 0.4) is 0 Å². The van der Waals surface area contributed by atoms with Gasteiger partial charge in [0.25, 0.3) is 0 Å². The van der Waals surface area contributed by atoms with E-state index >= 15 is 0 Å². The van der Waals surface area contributed by atoms with Crippen LogP contribution in [0, 0.1) is 0 Å². The topological polar surface area (TPSA) is 36.4 Å². The third kappa shape index (κ3) is 3.39. The highest BCUT2D eigenvalue weighted by Crippen LogP contribution is 2.27. The van der Waals surface area contributed by atoms with Crippen LogP contribution in [0.4, 0.5) is 5.69 Å². The van der Waals surface area contributed by atoms with Crippen LogP contribution in [0.15, 0.2) is 48.7 Å². The van der Waals surface area contributed by atoms with Crippen molar-refractivity contribution >= 4 is 23.2 Å². The molecule has 1 aromatic heterocycles. The molecule has 2 aromatic rings.